The van der Waals surface area contributed by atoms with E-state index in [2.05, 4.69) is 15.5 Å². The summed E-state index contributed by atoms with van der Waals surface area (Å²) in [6.07, 6.45) is 0. The van der Waals surface area contributed by atoms with Crippen molar-refractivity contribution < 1.29 is 9.59 Å². The second-order valence-electron chi connectivity index (χ2n) is 3.24. The molecule has 1 aromatic rings. The first kappa shape index (κ1) is 11.3. The highest BCUT2D eigenvalue weighted by atomic mass is 32.2. The Morgan fingerprint density at radius 2 is 2.38 bits per heavy atom. The van der Waals surface area contributed by atoms with Gasteiger partial charge in [0.2, 0.25) is 16.9 Å². The first-order valence-electron chi connectivity index (χ1n) is 4.60. The van der Waals surface area contributed by atoms with Gasteiger partial charge in [0.1, 0.15) is 11.6 Å². The molecule has 0 saturated carbocycles. The van der Waals surface area contributed by atoms with E-state index in [0.29, 0.717) is 16.8 Å². The smallest absolute Gasteiger partial charge is 0.245 e. The van der Waals surface area contributed by atoms with Gasteiger partial charge in [0.15, 0.2) is 0 Å². The van der Waals surface area contributed by atoms with E-state index in [4.69, 9.17) is 0 Å². The summed E-state index contributed by atoms with van der Waals surface area (Å²) in [4.78, 5) is 24.3. The van der Waals surface area contributed by atoms with Gasteiger partial charge in [0.25, 0.3) is 0 Å². The Morgan fingerprint density at radius 1 is 1.56 bits per heavy atom. The molecule has 86 valence electrons. The van der Waals surface area contributed by atoms with Crippen LogP contribution in [0.15, 0.2) is 0 Å². The van der Waals surface area contributed by atoms with E-state index in [9.17, 15) is 9.59 Å². The van der Waals surface area contributed by atoms with Crippen LogP contribution in [0.3, 0.4) is 0 Å². The van der Waals surface area contributed by atoms with Crippen molar-refractivity contribution in [3.05, 3.63) is 5.01 Å². The number of amides is 2. The fourth-order valence-corrected chi connectivity index (χ4v) is 2.73. The molecule has 2 amide bonds. The van der Waals surface area contributed by atoms with E-state index in [0.717, 1.165) is 5.01 Å². The molecule has 1 aromatic heterocycles. The van der Waals surface area contributed by atoms with E-state index in [1.54, 1.807) is 0 Å². The second-order valence-corrected chi connectivity index (χ2v) is 5.38. The van der Waals surface area contributed by atoms with Gasteiger partial charge in [-0.1, -0.05) is 11.3 Å². The van der Waals surface area contributed by atoms with Crippen molar-refractivity contribution in [3.8, 4) is 0 Å². The lowest BCUT2D eigenvalue weighted by Gasteiger charge is -2.12. The standard InChI is InChI=1S/C8H10N4O2S2/c1-5-10-11-8(16-5)9-6(13)2-12-4-15-3-7(12)14/h2-4H2,1H3,(H,9,11,13). The van der Waals surface area contributed by atoms with Crippen LogP contribution in [-0.4, -0.2) is 45.1 Å². The van der Waals surface area contributed by atoms with Crippen LogP contribution in [0.1, 0.15) is 5.01 Å². The van der Waals surface area contributed by atoms with Crippen molar-refractivity contribution in [3.63, 3.8) is 0 Å². The monoisotopic (exact) mass is 258 g/mol. The van der Waals surface area contributed by atoms with Crippen molar-refractivity contribution in [2.24, 2.45) is 0 Å². The zero-order valence-corrected chi connectivity index (χ0v) is 10.2. The van der Waals surface area contributed by atoms with Crippen LogP contribution in [0.5, 0.6) is 0 Å². The van der Waals surface area contributed by atoms with Gasteiger partial charge in [-0.25, -0.2) is 0 Å². The fraction of sp³-hybridized carbons (Fsp3) is 0.500. The van der Waals surface area contributed by atoms with Crippen LogP contribution < -0.4 is 5.32 Å². The van der Waals surface area contributed by atoms with E-state index < -0.39 is 0 Å². The molecule has 2 heterocycles. The highest BCUT2D eigenvalue weighted by Crippen LogP contribution is 2.16. The van der Waals surface area contributed by atoms with Gasteiger partial charge in [0, 0.05) is 0 Å². The van der Waals surface area contributed by atoms with E-state index in [1.165, 1.54) is 28.0 Å². The first-order chi connectivity index (χ1) is 7.65. The zero-order valence-electron chi connectivity index (χ0n) is 8.60. The molecule has 6 nitrogen and oxygen atoms in total. The van der Waals surface area contributed by atoms with Crippen LogP contribution in [0.25, 0.3) is 0 Å². The maximum atomic E-state index is 11.5. The molecule has 16 heavy (non-hydrogen) atoms. The van der Waals surface area contributed by atoms with Gasteiger partial charge in [-0.2, -0.15) is 0 Å². The Bertz CT molecular complexity index is 420. The first-order valence-corrected chi connectivity index (χ1v) is 6.58. The second kappa shape index (κ2) is 4.79. The molecule has 1 N–H and O–H groups in total. The topological polar surface area (TPSA) is 75.2 Å². The summed E-state index contributed by atoms with van der Waals surface area (Å²) in [6.45, 7) is 1.90. The van der Waals surface area contributed by atoms with Gasteiger partial charge in [-0.05, 0) is 6.92 Å². The molecule has 0 spiro atoms. The van der Waals surface area contributed by atoms with Crippen LogP contribution in [0, 0.1) is 6.92 Å². The SMILES string of the molecule is Cc1nnc(NC(=O)CN2CSCC2=O)s1. The van der Waals surface area contributed by atoms with Crippen molar-refractivity contribution in [1.82, 2.24) is 15.1 Å². The molecule has 1 saturated heterocycles. The number of rotatable bonds is 3. The molecule has 8 heteroatoms. The molecule has 1 aliphatic rings. The van der Waals surface area contributed by atoms with Gasteiger partial charge >= 0.3 is 0 Å². The van der Waals surface area contributed by atoms with Gasteiger partial charge in [-0.15, -0.1) is 22.0 Å². The number of carbonyl (C=O) groups excluding carboxylic acids is 2. The average molecular weight is 258 g/mol. The number of anilines is 1. The third-order valence-electron chi connectivity index (χ3n) is 1.93. The maximum absolute atomic E-state index is 11.5. The lowest BCUT2D eigenvalue weighted by molar-refractivity contribution is -0.130. The Kier molecular flexibility index (Phi) is 3.39. The molecule has 0 unspecified atom stereocenters. The van der Waals surface area contributed by atoms with Crippen LogP contribution in [0.4, 0.5) is 5.13 Å². The van der Waals surface area contributed by atoms with Gasteiger partial charge in [-0.3, -0.25) is 14.9 Å². The Hall–Kier alpha value is -1.15. The quantitative estimate of drug-likeness (QED) is 0.845. The summed E-state index contributed by atoms with van der Waals surface area (Å²) in [7, 11) is 0. The molecule has 0 aliphatic carbocycles. The van der Waals surface area contributed by atoms with E-state index >= 15 is 0 Å². The van der Waals surface area contributed by atoms with Crippen LogP contribution in [-0.2, 0) is 9.59 Å². The third kappa shape index (κ3) is 2.70. The van der Waals surface area contributed by atoms with Crippen molar-refractivity contribution >= 4 is 40.0 Å². The molecule has 0 aromatic carbocycles. The summed E-state index contributed by atoms with van der Waals surface area (Å²) in [5.74, 6) is 0.827. The Morgan fingerprint density at radius 3 is 2.94 bits per heavy atom. The van der Waals surface area contributed by atoms with E-state index in [1.807, 2.05) is 6.92 Å². The van der Waals surface area contributed by atoms with E-state index in [-0.39, 0.29) is 18.4 Å². The summed E-state index contributed by atoms with van der Waals surface area (Å²) in [5.41, 5.74) is 0. The largest absolute Gasteiger partial charge is 0.323 e. The average Bonchev–Trinajstić information content (AvgIpc) is 2.77. The number of hydrogen-bond donors (Lipinski definition) is 1. The third-order valence-corrected chi connectivity index (χ3v) is 3.63. The molecule has 0 bridgehead atoms. The lowest BCUT2D eigenvalue weighted by atomic mass is 10.5. The van der Waals surface area contributed by atoms with Crippen LogP contribution >= 0.6 is 23.1 Å². The number of nitrogens with zero attached hydrogens (tertiary/aromatic N) is 3. The van der Waals surface area contributed by atoms with Gasteiger partial charge in [0.05, 0.1) is 11.6 Å². The molecular formula is C8H10N4O2S2. The van der Waals surface area contributed by atoms with Crippen molar-refractivity contribution in [1.29, 1.82) is 0 Å². The van der Waals surface area contributed by atoms with Crippen molar-refractivity contribution in [2.75, 3.05) is 23.5 Å². The highest BCUT2D eigenvalue weighted by Gasteiger charge is 2.23. The summed E-state index contributed by atoms with van der Waals surface area (Å²) in [6, 6.07) is 0. The van der Waals surface area contributed by atoms with Gasteiger partial charge < -0.3 is 4.90 Å². The maximum Gasteiger partial charge on any atom is 0.245 e. The predicted molar refractivity (Wildman–Crippen MR) is 62.3 cm³/mol. The minimum Gasteiger partial charge on any atom is -0.323 e. The number of aromatic nitrogens is 2. The molecule has 0 radical (unpaired) electrons. The molecule has 1 fully saturated rings. The molecule has 0 atom stereocenters. The number of hydrogen-bond acceptors (Lipinski definition) is 6. The normalized spacial score (nSPS) is 15.6. The summed E-state index contributed by atoms with van der Waals surface area (Å²) < 4.78 is 0. The fourth-order valence-electron chi connectivity index (χ4n) is 1.22. The molecule has 2 rings (SSSR count). The number of thioether (sulfide) groups is 1. The Labute approximate surface area is 100 Å². The van der Waals surface area contributed by atoms with Crippen molar-refractivity contribution in [2.45, 2.75) is 6.92 Å². The number of aryl methyl sites for hydroxylation is 1. The highest BCUT2D eigenvalue weighted by molar-refractivity contribution is 8.00. The lowest BCUT2D eigenvalue weighted by Crippen LogP contribution is -2.34. The summed E-state index contributed by atoms with van der Waals surface area (Å²) in [5, 5.41) is 11.4. The summed E-state index contributed by atoms with van der Waals surface area (Å²) >= 11 is 2.83. The molecule has 1 aliphatic heterocycles. The Balaban J connectivity index is 1.86. The number of carbonyl (C=O) groups is 2. The predicted octanol–water partition coefficient (Wildman–Crippen LogP) is 0.318. The minimum absolute atomic E-state index is 0.00796. The minimum atomic E-state index is -0.230. The number of nitrogens with one attached hydrogen (secondary N) is 1. The van der Waals surface area contributed by atoms with Crippen LogP contribution in [0.2, 0.25) is 0 Å². The molecular weight excluding hydrogens is 248 g/mol. The zero-order chi connectivity index (χ0) is 11.5.